The molecule has 0 unspecified atom stereocenters. The van der Waals surface area contributed by atoms with Crippen molar-refractivity contribution in [1.29, 1.82) is 0 Å². The monoisotopic (exact) mass is 172 g/mol. The molecule has 0 rings (SSSR count). The fraction of sp³-hybridized carbons (Fsp3) is 0.900. The highest BCUT2D eigenvalue weighted by molar-refractivity contribution is 5.82. The van der Waals surface area contributed by atoms with Gasteiger partial charge in [0.1, 0.15) is 6.10 Å². The second kappa shape index (κ2) is 7.29. The number of hydrogen-bond donors (Lipinski definition) is 1. The first-order valence-corrected chi connectivity index (χ1v) is 4.93. The Bertz CT molecular complexity index is 121. The minimum atomic E-state index is -0.716. The van der Waals surface area contributed by atoms with Crippen molar-refractivity contribution in [2.24, 2.45) is 0 Å². The summed E-state index contributed by atoms with van der Waals surface area (Å²) in [6, 6.07) is 0. The lowest BCUT2D eigenvalue weighted by Gasteiger charge is -2.05. The highest BCUT2D eigenvalue weighted by Gasteiger charge is 2.10. The largest absolute Gasteiger partial charge is 0.385 e. The van der Waals surface area contributed by atoms with Gasteiger partial charge in [-0.3, -0.25) is 4.79 Å². The third kappa shape index (κ3) is 5.30. The standard InChI is InChI=1S/C10H20O2/c1-3-5-6-7-8-10(12)9(11)4-2/h9,11H,3-8H2,1-2H3/t9-/m0/s1. The van der Waals surface area contributed by atoms with E-state index in [2.05, 4.69) is 6.92 Å². The average Bonchev–Trinajstić information content (AvgIpc) is 2.10. The van der Waals surface area contributed by atoms with Crippen LogP contribution in [0, 0.1) is 0 Å². The summed E-state index contributed by atoms with van der Waals surface area (Å²) in [5.41, 5.74) is 0. The predicted octanol–water partition coefficient (Wildman–Crippen LogP) is 2.30. The van der Waals surface area contributed by atoms with Crippen LogP contribution in [0.5, 0.6) is 0 Å². The zero-order valence-electron chi connectivity index (χ0n) is 8.18. The van der Waals surface area contributed by atoms with E-state index in [4.69, 9.17) is 5.11 Å². The fourth-order valence-electron chi connectivity index (χ4n) is 1.12. The molecule has 0 aromatic rings. The van der Waals surface area contributed by atoms with Crippen LogP contribution in [-0.4, -0.2) is 17.0 Å². The number of aliphatic hydroxyl groups is 1. The number of ketones is 1. The molecule has 2 nitrogen and oxygen atoms in total. The van der Waals surface area contributed by atoms with Gasteiger partial charge in [0.15, 0.2) is 5.78 Å². The van der Waals surface area contributed by atoms with Gasteiger partial charge in [-0.05, 0) is 12.8 Å². The molecular formula is C10H20O2. The SMILES string of the molecule is CCCCCCC(=O)[C@@H](O)CC. The van der Waals surface area contributed by atoms with Gasteiger partial charge in [-0.25, -0.2) is 0 Å². The van der Waals surface area contributed by atoms with Crippen molar-refractivity contribution in [3.05, 3.63) is 0 Å². The number of rotatable bonds is 7. The van der Waals surface area contributed by atoms with E-state index in [-0.39, 0.29) is 5.78 Å². The first-order valence-electron chi connectivity index (χ1n) is 4.93. The molecule has 0 radical (unpaired) electrons. The van der Waals surface area contributed by atoms with Crippen molar-refractivity contribution >= 4 is 5.78 Å². The number of unbranched alkanes of at least 4 members (excludes halogenated alkanes) is 3. The fourth-order valence-corrected chi connectivity index (χ4v) is 1.12. The van der Waals surface area contributed by atoms with E-state index < -0.39 is 6.10 Å². The van der Waals surface area contributed by atoms with Crippen LogP contribution in [0.1, 0.15) is 52.4 Å². The van der Waals surface area contributed by atoms with Crippen molar-refractivity contribution in [3.63, 3.8) is 0 Å². The van der Waals surface area contributed by atoms with E-state index in [1.54, 1.807) is 0 Å². The smallest absolute Gasteiger partial charge is 0.161 e. The maximum Gasteiger partial charge on any atom is 0.161 e. The first kappa shape index (κ1) is 11.6. The molecule has 0 bridgehead atoms. The maximum absolute atomic E-state index is 11.1. The van der Waals surface area contributed by atoms with Crippen molar-refractivity contribution in [2.75, 3.05) is 0 Å². The lowest BCUT2D eigenvalue weighted by Crippen LogP contribution is -2.18. The second-order valence-corrected chi connectivity index (χ2v) is 3.20. The molecule has 0 aromatic carbocycles. The second-order valence-electron chi connectivity index (χ2n) is 3.20. The summed E-state index contributed by atoms with van der Waals surface area (Å²) in [6.07, 6.45) is 4.80. The van der Waals surface area contributed by atoms with Gasteiger partial charge >= 0.3 is 0 Å². The average molecular weight is 172 g/mol. The van der Waals surface area contributed by atoms with Crippen LogP contribution < -0.4 is 0 Å². The Hall–Kier alpha value is -0.370. The molecule has 0 fully saturated rings. The Morgan fingerprint density at radius 2 is 1.92 bits per heavy atom. The number of hydrogen-bond acceptors (Lipinski definition) is 2. The summed E-state index contributed by atoms with van der Waals surface area (Å²) in [5, 5.41) is 9.13. The van der Waals surface area contributed by atoms with Crippen molar-refractivity contribution in [2.45, 2.75) is 58.5 Å². The van der Waals surface area contributed by atoms with Crippen molar-refractivity contribution in [3.8, 4) is 0 Å². The van der Waals surface area contributed by atoms with Crippen LogP contribution in [0.25, 0.3) is 0 Å². The Morgan fingerprint density at radius 3 is 2.42 bits per heavy atom. The molecular weight excluding hydrogens is 152 g/mol. The lowest BCUT2D eigenvalue weighted by molar-refractivity contribution is -0.127. The highest BCUT2D eigenvalue weighted by atomic mass is 16.3. The van der Waals surface area contributed by atoms with Crippen LogP contribution in [-0.2, 0) is 4.79 Å². The van der Waals surface area contributed by atoms with Crippen LogP contribution in [0.15, 0.2) is 0 Å². The molecule has 0 saturated carbocycles. The maximum atomic E-state index is 11.1. The number of Topliss-reactive ketones (excluding diaryl/α,β-unsaturated/α-hetero) is 1. The van der Waals surface area contributed by atoms with E-state index in [1.165, 1.54) is 12.8 Å². The summed E-state index contributed by atoms with van der Waals surface area (Å²) in [6.45, 7) is 3.97. The minimum Gasteiger partial charge on any atom is -0.385 e. The molecule has 0 aliphatic carbocycles. The molecule has 0 aliphatic heterocycles. The number of carbonyl (C=O) groups excluding carboxylic acids is 1. The van der Waals surface area contributed by atoms with Crippen LogP contribution in [0.4, 0.5) is 0 Å². The lowest BCUT2D eigenvalue weighted by atomic mass is 10.1. The van der Waals surface area contributed by atoms with Gasteiger partial charge in [-0.2, -0.15) is 0 Å². The summed E-state index contributed by atoms with van der Waals surface area (Å²) >= 11 is 0. The van der Waals surface area contributed by atoms with Crippen LogP contribution in [0.3, 0.4) is 0 Å². The molecule has 0 saturated heterocycles. The van der Waals surface area contributed by atoms with E-state index in [1.807, 2.05) is 6.92 Å². The molecule has 0 spiro atoms. The minimum absolute atomic E-state index is 0.00797. The van der Waals surface area contributed by atoms with Gasteiger partial charge in [0.2, 0.25) is 0 Å². The zero-order valence-corrected chi connectivity index (χ0v) is 8.18. The molecule has 0 aliphatic rings. The molecule has 12 heavy (non-hydrogen) atoms. The van der Waals surface area contributed by atoms with E-state index in [9.17, 15) is 4.79 Å². The molecule has 0 heterocycles. The van der Waals surface area contributed by atoms with Gasteiger partial charge in [0.05, 0.1) is 0 Å². The van der Waals surface area contributed by atoms with Gasteiger partial charge in [-0.1, -0.05) is 33.1 Å². The van der Waals surface area contributed by atoms with Gasteiger partial charge in [0.25, 0.3) is 0 Å². The molecule has 2 heteroatoms. The molecule has 1 atom stereocenters. The Labute approximate surface area is 75.0 Å². The van der Waals surface area contributed by atoms with E-state index in [0.717, 1.165) is 12.8 Å². The Balaban J connectivity index is 3.31. The Morgan fingerprint density at radius 1 is 1.25 bits per heavy atom. The molecule has 72 valence electrons. The summed E-state index contributed by atoms with van der Waals surface area (Å²) in [7, 11) is 0. The van der Waals surface area contributed by atoms with Gasteiger partial charge in [-0.15, -0.1) is 0 Å². The summed E-state index contributed by atoms with van der Waals surface area (Å²) in [5.74, 6) is 0.00797. The summed E-state index contributed by atoms with van der Waals surface area (Å²) in [4.78, 5) is 11.1. The normalized spacial score (nSPS) is 12.9. The number of aliphatic hydroxyl groups excluding tert-OH is 1. The third-order valence-corrected chi connectivity index (χ3v) is 2.04. The zero-order chi connectivity index (χ0) is 9.40. The number of carbonyl (C=O) groups is 1. The van der Waals surface area contributed by atoms with Crippen LogP contribution >= 0.6 is 0 Å². The highest BCUT2D eigenvalue weighted by Crippen LogP contribution is 2.05. The van der Waals surface area contributed by atoms with Gasteiger partial charge < -0.3 is 5.11 Å². The summed E-state index contributed by atoms with van der Waals surface area (Å²) < 4.78 is 0. The van der Waals surface area contributed by atoms with E-state index >= 15 is 0 Å². The van der Waals surface area contributed by atoms with Crippen molar-refractivity contribution < 1.29 is 9.90 Å². The molecule has 1 N–H and O–H groups in total. The molecule has 0 amide bonds. The topological polar surface area (TPSA) is 37.3 Å². The first-order chi connectivity index (χ1) is 5.72. The van der Waals surface area contributed by atoms with Gasteiger partial charge in [0, 0.05) is 6.42 Å². The van der Waals surface area contributed by atoms with Crippen LogP contribution in [0.2, 0.25) is 0 Å². The predicted molar refractivity (Wildman–Crippen MR) is 50.1 cm³/mol. The Kier molecular flexibility index (Phi) is 7.06. The quantitative estimate of drug-likeness (QED) is 0.598. The third-order valence-electron chi connectivity index (χ3n) is 2.04. The van der Waals surface area contributed by atoms with Crippen molar-refractivity contribution in [1.82, 2.24) is 0 Å². The van der Waals surface area contributed by atoms with E-state index in [0.29, 0.717) is 12.8 Å². The molecule has 0 aromatic heterocycles.